The second-order valence-electron chi connectivity index (χ2n) is 4.22. The Morgan fingerprint density at radius 3 is 2.59 bits per heavy atom. The predicted octanol–water partition coefficient (Wildman–Crippen LogP) is 2.52. The summed E-state index contributed by atoms with van der Waals surface area (Å²) in [5.41, 5.74) is 3.09. The number of nitrogens with one attached hydrogen (secondary N) is 2. The van der Waals surface area contributed by atoms with Crippen molar-refractivity contribution in [2.45, 2.75) is 0 Å². The van der Waals surface area contributed by atoms with Crippen LogP contribution in [0.25, 0.3) is 0 Å². The number of hydrogen-bond donors (Lipinski definition) is 2. The van der Waals surface area contributed by atoms with E-state index in [4.69, 9.17) is 0 Å². The quantitative estimate of drug-likeness (QED) is 0.353. The fourth-order valence-corrected chi connectivity index (χ4v) is 2.12. The summed E-state index contributed by atoms with van der Waals surface area (Å²) in [7, 11) is 0. The first-order chi connectivity index (χ1) is 10.5. The maximum absolute atomic E-state index is 13.0. The Morgan fingerprint density at radius 1 is 1.09 bits per heavy atom. The summed E-state index contributed by atoms with van der Waals surface area (Å²) >= 11 is 2.15. The van der Waals surface area contributed by atoms with E-state index < -0.39 is 17.6 Å². The highest BCUT2D eigenvalue weighted by atomic mass is 127. The van der Waals surface area contributed by atoms with Crippen LogP contribution in [0.5, 0.6) is 0 Å². The molecule has 0 aromatic heterocycles. The molecule has 0 fully saturated rings. The Labute approximate surface area is 139 Å². The second kappa shape index (κ2) is 7.64. The van der Waals surface area contributed by atoms with Crippen LogP contribution in [0.4, 0.5) is 10.1 Å². The number of anilines is 1. The van der Waals surface area contributed by atoms with Gasteiger partial charge < -0.3 is 5.32 Å². The van der Waals surface area contributed by atoms with Gasteiger partial charge in [-0.15, -0.1) is 0 Å². The van der Waals surface area contributed by atoms with Gasteiger partial charge in [-0.1, -0.05) is 18.2 Å². The van der Waals surface area contributed by atoms with Crippen molar-refractivity contribution in [2.75, 3.05) is 5.32 Å². The molecule has 0 spiro atoms. The lowest BCUT2D eigenvalue weighted by Crippen LogP contribution is -2.32. The van der Waals surface area contributed by atoms with Crippen LogP contribution in [0, 0.1) is 9.39 Å². The third-order valence-corrected chi connectivity index (χ3v) is 3.19. The number of rotatable bonds is 3. The van der Waals surface area contributed by atoms with E-state index >= 15 is 0 Å². The van der Waals surface area contributed by atoms with Crippen molar-refractivity contribution < 1.29 is 14.0 Å². The molecule has 0 atom stereocenters. The van der Waals surface area contributed by atoms with Gasteiger partial charge in [0.1, 0.15) is 5.82 Å². The van der Waals surface area contributed by atoms with Crippen molar-refractivity contribution in [1.29, 1.82) is 0 Å². The molecule has 2 rings (SSSR count). The van der Waals surface area contributed by atoms with Crippen LogP contribution in [-0.4, -0.2) is 18.0 Å². The van der Waals surface area contributed by atoms with Crippen LogP contribution < -0.4 is 10.7 Å². The van der Waals surface area contributed by atoms with E-state index in [0.717, 1.165) is 15.2 Å². The van der Waals surface area contributed by atoms with Gasteiger partial charge in [0, 0.05) is 9.26 Å². The summed E-state index contributed by atoms with van der Waals surface area (Å²) in [5.74, 6) is -2.37. The minimum atomic E-state index is -0.939. The fourth-order valence-electron chi connectivity index (χ4n) is 1.56. The van der Waals surface area contributed by atoms with Crippen LogP contribution >= 0.6 is 22.6 Å². The van der Waals surface area contributed by atoms with E-state index in [-0.39, 0.29) is 5.69 Å². The molecule has 0 aliphatic carbocycles. The number of halogens is 2. The van der Waals surface area contributed by atoms with Crippen LogP contribution in [-0.2, 0) is 9.59 Å². The lowest BCUT2D eigenvalue weighted by Gasteiger charge is -2.03. The molecule has 0 aliphatic rings. The summed E-state index contributed by atoms with van der Waals surface area (Å²) in [6.07, 6.45) is 1.43. The van der Waals surface area contributed by atoms with E-state index in [9.17, 15) is 14.0 Å². The number of benzene rings is 2. The van der Waals surface area contributed by atoms with Gasteiger partial charge in [0.15, 0.2) is 0 Å². The zero-order valence-electron chi connectivity index (χ0n) is 11.2. The van der Waals surface area contributed by atoms with Gasteiger partial charge in [0.05, 0.1) is 6.21 Å². The van der Waals surface area contributed by atoms with E-state index in [1.54, 1.807) is 0 Å². The average molecular weight is 411 g/mol. The monoisotopic (exact) mass is 411 g/mol. The molecule has 0 bridgehead atoms. The zero-order valence-corrected chi connectivity index (χ0v) is 13.4. The van der Waals surface area contributed by atoms with Gasteiger partial charge in [0.2, 0.25) is 0 Å². The maximum Gasteiger partial charge on any atom is 0.329 e. The molecule has 2 aromatic carbocycles. The molecule has 0 aliphatic heterocycles. The normalized spacial score (nSPS) is 10.5. The number of hydrogen-bond acceptors (Lipinski definition) is 3. The van der Waals surface area contributed by atoms with Crippen LogP contribution in [0.3, 0.4) is 0 Å². The number of amides is 2. The molecule has 0 heterocycles. The van der Waals surface area contributed by atoms with E-state index in [0.29, 0.717) is 0 Å². The van der Waals surface area contributed by atoms with Crippen molar-refractivity contribution in [3.05, 3.63) is 63.5 Å². The molecule has 0 saturated heterocycles. The minimum Gasteiger partial charge on any atom is -0.318 e. The molecule has 5 nitrogen and oxygen atoms in total. The molecule has 2 N–H and O–H groups in total. The fraction of sp³-hybridized carbons (Fsp3) is 0. The molecule has 112 valence electrons. The smallest absolute Gasteiger partial charge is 0.318 e. The van der Waals surface area contributed by atoms with Crippen LogP contribution in [0.15, 0.2) is 53.6 Å². The Morgan fingerprint density at radius 2 is 1.86 bits per heavy atom. The number of carbonyl (C=O) groups is 2. The first-order valence-corrected chi connectivity index (χ1v) is 7.28. The molecule has 0 radical (unpaired) electrons. The van der Waals surface area contributed by atoms with Crippen molar-refractivity contribution in [1.82, 2.24) is 5.43 Å². The molecule has 2 aromatic rings. The van der Waals surface area contributed by atoms with Crippen molar-refractivity contribution in [3.8, 4) is 0 Å². The number of carbonyl (C=O) groups excluding carboxylic acids is 2. The van der Waals surface area contributed by atoms with Crippen molar-refractivity contribution >= 4 is 46.3 Å². The standard InChI is InChI=1S/C15H11FIN3O2/c16-11-4-2-6-13(8-11)19-14(21)15(22)20-18-9-10-3-1-5-12(17)7-10/h1-9H,(H,19,21)(H,20,22)/b18-9+. The average Bonchev–Trinajstić information content (AvgIpc) is 2.47. The molecule has 0 unspecified atom stereocenters. The highest BCUT2D eigenvalue weighted by Crippen LogP contribution is 2.08. The van der Waals surface area contributed by atoms with Crippen molar-refractivity contribution in [2.24, 2.45) is 5.10 Å². The van der Waals surface area contributed by atoms with Gasteiger partial charge in [0.25, 0.3) is 0 Å². The lowest BCUT2D eigenvalue weighted by molar-refractivity contribution is -0.136. The maximum atomic E-state index is 13.0. The number of hydrazone groups is 1. The van der Waals surface area contributed by atoms with Gasteiger partial charge in [-0.3, -0.25) is 9.59 Å². The lowest BCUT2D eigenvalue weighted by atomic mass is 10.2. The van der Waals surface area contributed by atoms with E-state index in [2.05, 4.69) is 38.4 Å². The van der Waals surface area contributed by atoms with Crippen molar-refractivity contribution in [3.63, 3.8) is 0 Å². The van der Waals surface area contributed by atoms with Gasteiger partial charge in [-0.25, -0.2) is 9.82 Å². The summed E-state index contributed by atoms with van der Waals surface area (Å²) in [4.78, 5) is 23.2. The highest BCUT2D eigenvalue weighted by molar-refractivity contribution is 14.1. The first-order valence-electron chi connectivity index (χ1n) is 6.20. The van der Waals surface area contributed by atoms with Crippen LogP contribution in [0.1, 0.15) is 5.56 Å². The Balaban J connectivity index is 1.90. The van der Waals surface area contributed by atoms with E-state index in [1.165, 1.54) is 24.4 Å². The molecule has 0 saturated carbocycles. The summed E-state index contributed by atoms with van der Waals surface area (Å²) in [6.45, 7) is 0. The largest absolute Gasteiger partial charge is 0.329 e. The van der Waals surface area contributed by atoms with Gasteiger partial charge in [-0.2, -0.15) is 5.10 Å². The Kier molecular flexibility index (Phi) is 5.59. The molecular formula is C15H11FIN3O2. The molecule has 2 amide bonds. The minimum absolute atomic E-state index is 0.196. The zero-order chi connectivity index (χ0) is 15.9. The van der Waals surface area contributed by atoms with Crippen LogP contribution in [0.2, 0.25) is 0 Å². The molecule has 22 heavy (non-hydrogen) atoms. The van der Waals surface area contributed by atoms with Gasteiger partial charge >= 0.3 is 11.8 Å². The summed E-state index contributed by atoms with van der Waals surface area (Å²) in [6, 6.07) is 12.7. The second-order valence-corrected chi connectivity index (χ2v) is 5.46. The predicted molar refractivity (Wildman–Crippen MR) is 89.9 cm³/mol. The highest BCUT2D eigenvalue weighted by Gasteiger charge is 2.12. The molecular weight excluding hydrogens is 400 g/mol. The number of nitrogens with zero attached hydrogens (tertiary/aromatic N) is 1. The Bertz CT molecular complexity index is 734. The third-order valence-electron chi connectivity index (χ3n) is 2.52. The summed E-state index contributed by atoms with van der Waals surface area (Å²) < 4.78 is 14.0. The SMILES string of the molecule is O=C(N/N=C/c1cccc(I)c1)C(=O)Nc1cccc(F)c1. The topological polar surface area (TPSA) is 70.6 Å². The first kappa shape index (κ1) is 16.1. The third kappa shape index (κ3) is 4.92. The Hall–Kier alpha value is -2.29. The molecule has 7 heteroatoms. The van der Waals surface area contributed by atoms with E-state index in [1.807, 2.05) is 24.3 Å². The summed E-state index contributed by atoms with van der Waals surface area (Å²) in [5, 5.41) is 5.97. The van der Waals surface area contributed by atoms with Gasteiger partial charge in [-0.05, 0) is 58.5 Å².